The van der Waals surface area contributed by atoms with E-state index in [1.54, 1.807) is 25.6 Å². The molecular formula is C20H17F3O2S. The first-order valence-corrected chi connectivity index (χ1v) is 9.16. The largest absolute Gasteiger partial charge is 0.478 e. The van der Waals surface area contributed by atoms with E-state index in [4.69, 9.17) is 4.74 Å². The lowest BCUT2D eigenvalue weighted by atomic mass is 9.92. The first-order chi connectivity index (χ1) is 12.1. The van der Waals surface area contributed by atoms with E-state index in [2.05, 4.69) is 0 Å². The molecule has 3 rings (SSSR count). The Bertz CT molecular complexity index is 881. The third-order valence-corrected chi connectivity index (χ3v) is 4.93. The molecule has 1 aliphatic heterocycles. The summed E-state index contributed by atoms with van der Waals surface area (Å²) in [6.07, 6.45) is -2.53. The van der Waals surface area contributed by atoms with Crippen molar-refractivity contribution >= 4 is 28.9 Å². The maximum Gasteiger partial charge on any atom is 0.416 e. The van der Waals surface area contributed by atoms with Crippen molar-refractivity contribution in [2.24, 2.45) is 0 Å². The van der Waals surface area contributed by atoms with Crippen LogP contribution in [0.15, 0.2) is 53.4 Å². The summed E-state index contributed by atoms with van der Waals surface area (Å²) < 4.78 is 45.1. The van der Waals surface area contributed by atoms with E-state index < -0.39 is 17.3 Å². The van der Waals surface area contributed by atoms with Crippen molar-refractivity contribution in [1.29, 1.82) is 0 Å². The van der Waals surface area contributed by atoms with Crippen LogP contribution in [0, 0.1) is 0 Å². The number of hydrogen-bond acceptors (Lipinski definition) is 3. The average molecular weight is 378 g/mol. The zero-order valence-corrected chi connectivity index (χ0v) is 15.3. The summed E-state index contributed by atoms with van der Waals surface area (Å²) in [5, 5.41) is 0. The zero-order valence-electron chi connectivity index (χ0n) is 14.5. The summed E-state index contributed by atoms with van der Waals surface area (Å²) in [6.45, 7) is 3.23. The van der Waals surface area contributed by atoms with Gasteiger partial charge in [-0.25, -0.2) is 0 Å². The molecular weight excluding hydrogens is 361 g/mol. The van der Waals surface area contributed by atoms with Gasteiger partial charge in [0.25, 0.3) is 0 Å². The van der Waals surface area contributed by atoms with Gasteiger partial charge in [-0.15, -0.1) is 11.8 Å². The fourth-order valence-electron chi connectivity index (χ4n) is 2.82. The van der Waals surface area contributed by atoms with E-state index in [1.165, 1.54) is 12.1 Å². The van der Waals surface area contributed by atoms with Gasteiger partial charge in [0.2, 0.25) is 5.78 Å². The smallest absolute Gasteiger partial charge is 0.416 e. The lowest BCUT2D eigenvalue weighted by Gasteiger charge is -2.17. The summed E-state index contributed by atoms with van der Waals surface area (Å²) >= 11 is 1.57. The quantitative estimate of drug-likeness (QED) is 0.644. The highest BCUT2D eigenvalue weighted by atomic mass is 32.2. The number of rotatable bonds is 3. The van der Waals surface area contributed by atoms with Gasteiger partial charge in [0.05, 0.1) is 11.1 Å². The first-order valence-electron chi connectivity index (χ1n) is 7.93. The summed E-state index contributed by atoms with van der Waals surface area (Å²) in [5.41, 5.74) is -0.875. The molecule has 0 N–H and O–H groups in total. The van der Waals surface area contributed by atoms with Gasteiger partial charge in [0.1, 0.15) is 5.76 Å². The molecule has 0 aliphatic carbocycles. The van der Waals surface area contributed by atoms with Crippen LogP contribution >= 0.6 is 11.8 Å². The highest BCUT2D eigenvalue weighted by Gasteiger charge is 2.43. The number of alkyl halides is 3. The molecule has 0 saturated carbocycles. The SMILES string of the molecule is CSc1ccc(C2=C(c3cccc(C(F)(F)F)c3)C(=O)C(C)(C)O2)cc1. The Morgan fingerprint density at radius 3 is 2.23 bits per heavy atom. The Hall–Kier alpha value is -2.21. The minimum atomic E-state index is -4.48. The number of hydrogen-bond donors (Lipinski definition) is 0. The van der Waals surface area contributed by atoms with Crippen molar-refractivity contribution in [3.63, 3.8) is 0 Å². The molecule has 0 fully saturated rings. The highest BCUT2D eigenvalue weighted by molar-refractivity contribution is 7.98. The fraction of sp³-hybridized carbons (Fsp3) is 0.250. The maximum atomic E-state index is 13.1. The van der Waals surface area contributed by atoms with Crippen molar-refractivity contribution in [2.75, 3.05) is 6.26 Å². The van der Waals surface area contributed by atoms with Crippen LogP contribution in [0.1, 0.15) is 30.5 Å². The molecule has 0 amide bonds. The Morgan fingerprint density at radius 1 is 1.00 bits per heavy atom. The van der Waals surface area contributed by atoms with E-state index in [9.17, 15) is 18.0 Å². The van der Waals surface area contributed by atoms with Crippen molar-refractivity contribution in [3.05, 3.63) is 65.2 Å². The third-order valence-electron chi connectivity index (χ3n) is 4.19. The second-order valence-corrected chi connectivity index (χ2v) is 7.33. The normalized spacial score (nSPS) is 16.8. The average Bonchev–Trinajstić information content (AvgIpc) is 2.84. The van der Waals surface area contributed by atoms with E-state index in [0.717, 1.165) is 17.0 Å². The molecule has 0 bridgehead atoms. The Morgan fingerprint density at radius 2 is 1.65 bits per heavy atom. The van der Waals surface area contributed by atoms with Crippen LogP contribution < -0.4 is 0 Å². The van der Waals surface area contributed by atoms with Crippen LogP contribution in [0.4, 0.5) is 13.2 Å². The topological polar surface area (TPSA) is 26.3 Å². The van der Waals surface area contributed by atoms with Crippen molar-refractivity contribution in [1.82, 2.24) is 0 Å². The summed E-state index contributed by atoms with van der Waals surface area (Å²) in [5.74, 6) is -0.0206. The molecule has 136 valence electrons. The van der Waals surface area contributed by atoms with Gasteiger partial charge >= 0.3 is 6.18 Å². The predicted octanol–water partition coefficient (Wildman–Crippen LogP) is 5.67. The van der Waals surface area contributed by atoms with Gasteiger partial charge in [-0.2, -0.15) is 13.2 Å². The molecule has 2 aromatic carbocycles. The second-order valence-electron chi connectivity index (χ2n) is 6.45. The zero-order chi connectivity index (χ0) is 19.1. The van der Waals surface area contributed by atoms with Gasteiger partial charge in [0.15, 0.2) is 5.60 Å². The molecule has 1 heterocycles. The number of halogens is 3. The number of thioether (sulfide) groups is 1. The van der Waals surface area contributed by atoms with Gasteiger partial charge in [-0.1, -0.05) is 24.3 Å². The van der Waals surface area contributed by atoms with Crippen LogP contribution in [0.25, 0.3) is 11.3 Å². The molecule has 2 aromatic rings. The van der Waals surface area contributed by atoms with Crippen molar-refractivity contribution in [2.45, 2.75) is 30.5 Å². The Kier molecular flexibility index (Phi) is 4.65. The van der Waals surface area contributed by atoms with Gasteiger partial charge in [-0.05, 0) is 49.9 Å². The molecule has 26 heavy (non-hydrogen) atoms. The van der Waals surface area contributed by atoms with Crippen molar-refractivity contribution < 1.29 is 22.7 Å². The van der Waals surface area contributed by atoms with E-state index in [0.29, 0.717) is 11.3 Å². The number of benzene rings is 2. The first kappa shape index (κ1) is 18.6. The predicted molar refractivity (Wildman–Crippen MR) is 96.7 cm³/mol. The molecule has 2 nitrogen and oxygen atoms in total. The Balaban J connectivity index is 2.17. The second kappa shape index (κ2) is 6.50. The number of ether oxygens (including phenoxy) is 1. The van der Waals surface area contributed by atoms with E-state index in [1.807, 2.05) is 30.5 Å². The molecule has 0 unspecified atom stereocenters. The lowest BCUT2D eigenvalue weighted by Crippen LogP contribution is -2.29. The number of carbonyl (C=O) groups excluding carboxylic acids is 1. The summed E-state index contributed by atoms with van der Waals surface area (Å²) in [4.78, 5) is 13.9. The molecule has 0 saturated heterocycles. The maximum absolute atomic E-state index is 13.1. The van der Waals surface area contributed by atoms with Crippen LogP contribution in [0.2, 0.25) is 0 Å². The molecule has 0 aromatic heterocycles. The van der Waals surface area contributed by atoms with Crippen LogP contribution in [0.5, 0.6) is 0 Å². The van der Waals surface area contributed by atoms with Gasteiger partial charge in [-0.3, -0.25) is 4.79 Å². The minimum Gasteiger partial charge on any atom is -0.478 e. The Labute approximate surface area is 154 Å². The summed E-state index contributed by atoms with van der Waals surface area (Å²) in [7, 11) is 0. The highest BCUT2D eigenvalue weighted by Crippen LogP contribution is 2.42. The molecule has 0 atom stereocenters. The monoisotopic (exact) mass is 378 g/mol. The molecule has 0 spiro atoms. The van der Waals surface area contributed by atoms with E-state index in [-0.39, 0.29) is 16.9 Å². The van der Waals surface area contributed by atoms with E-state index >= 15 is 0 Å². The number of ketones is 1. The summed E-state index contributed by atoms with van der Waals surface area (Å²) in [6, 6.07) is 12.2. The van der Waals surface area contributed by atoms with Crippen LogP contribution in [-0.4, -0.2) is 17.6 Å². The van der Waals surface area contributed by atoms with Crippen LogP contribution in [0.3, 0.4) is 0 Å². The number of Topliss-reactive ketones (excluding diaryl/α,β-unsaturated/α-hetero) is 1. The fourth-order valence-corrected chi connectivity index (χ4v) is 3.22. The third kappa shape index (κ3) is 3.38. The van der Waals surface area contributed by atoms with Crippen molar-refractivity contribution in [3.8, 4) is 0 Å². The number of carbonyl (C=O) groups is 1. The molecule has 6 heteroatoms. The molecule has 1 aliphatic rings. The van der Waals surface area contributed by atoms with Gasteiger partial charge < -0.3 is 4.74 Å². The standard InChI is InChI=1S/C20H17F3O2S/c1-19(2)18(24)16(13-5-4-6-14(11-13)20(21,22)23)17(25-19)12-7-9-15(26-3)10-8-12/h4-11H,1-3H3. The molecule has 0 radical (unpaired) electrons. The lowest BCUT2D eigenvalue weighted by molar-refractivity contribution is -0.137. The van der Waals surface area contributed by atoms with Crippen LogP contribution in [-0.2, 0) is 15.7 Å². The minimum absolute atomic E-state index is 0.179. The van der Waals surface area contributed by atoms with Gasteiger partial charge in [0, 0.05) is 10.5 Å².